The fourth-order valence-electron chi connectivity index (χ4n) is 7.23. The van der Waals surface area contributed by atoms with Crippen molar-refractivity contribution < 1.29 is 28.6 Å². The highest BCUT2D eigenvalue weighted by Crippen LogP contribution is 2.14. The van der Waals surface area contributed by atoms with E-state index in [4.69, 9.17) is 14.2 Å². The number of unbranched alkanes of at least 4 members (excludes halogenated alkanes) is 24. The van der Waals surface area contributed by atoms with E-state index in [0.29, 0.717) is 19.3 Å². The molecule has 1 unspecified atom stereocenters. The second kappa shape index (κ2) is 51.5. The van der Waals surface area contributed by atoms with E-state index in [0.717, 1.165) is 116 Å². The van der Waals surface area contributed by atoms with Crippen molar-refractivity contribution in [3.8, 4) is 0 Å². The van der Waals surface area contributed by atoms with Crippen LogP contribution < -0.4 is 0 Å². The Balaban J connectivity index is 4.34. The summed E-state index contributed by atoms with van der Waals surface area (Å²) in [4.78, 5) is 37.9. The summed E-state index contributed by atoms with van der Waals surface area (Å²) in [5.74, 6) is -0.917. The standard InChI is InChI=1S/C57H98O6/c1-4-7-10-13-16-19-21-23-25-26-27-28-29-30-32-33-35-38-41-44-47-50-56(59)62-53-54(52-61-55(58)49-46-43-40-37-18-15-12-9-6-3)63-57(60)51-48-45-42-39-36-34-31-24-22-20-17-14-11-8-5-2/h8,11,17,20-21,23-24,26-27,29-31,54H,4-7,9-10,12-16,18-19,22,25,28,32-53H2,1-3H3/b11-8-,20-17-,23-21-,27-26-,30-29-,31-24-. The highest BCUT2D eigenvalue weighted by Gasteiger charge is 2.19. The van der Waals surface area contributed by atoms with Crippen molar-refractivity contribution in [3.63, 3.8) is 0 Å². The van der Waals surface area contributed by atoms with Crippen LogP contribution in [-0.2, 0) is 28.6 Å². The summed E-state index contributed by atoms with van der Waals surface area (Å²) in [5, 5.41) is 0. The maximum atomic E-state index is 12.8. The van der Waals surface area contributed by atoms with Gasteiger partial charge < -0.3 is 14.2 Å². The summed E-state index contributed by atoms with van der Waals surface area (Å²) in [7, 11) is 0. The van der Waals surface area contributed by atoms with Gasteiger partial charge in [0.1, 0.15) is 13.2 Å². The number of esters is 3. The molecule has 0 saturated carbocycles. The van der Waals surface area contributed by atoms with Crippen molar-refractivity contribution in [2.24, 2.45) is 0 Å². The van der Waals surface area contributed by atoms with Crippen LogP contribution in [0.1, 0.15) is 252 Å². The maximum Gasteiger partial charge on any atom is 0.306 e. The van der Waals surface area contributed by atoms with Crippen LogP contribution in [0.15, 0.2) is 72.9 Å². The normalized spacial score (nSPS) is 12.6. The molecular formula is C57H98O6. The molecule has 0 aliphatic heterocycles. The molecule has 0 fully saturated rings. The van der Waals surface area contributed by atoms with Crippen LogP contribution in [0.4, 0.5) is 0 Å². The summed E-state index contributed by atoms with van der Waals surface area (Å²) in [5.41, 5.74) is 0. The Morgan fingerprint density at radius 2 is 0.619 bits per heavy atom. The third-order valence-corrected chi connectivity index (χ3v) is 11.2. The summed E-state index contributed by atoms with van der Waals surface area (Å²) in [6.45, 7) is 6.47. The van der Waals surface area contributed by atoms with Gasteiger partial charge in [0, 0.05) is 19.3 Å². The van der Waals surface area contributed by atoms with E-state index in [1.54, 1.807) is 0 Å². The molecule has 0 saturated heterocycles. The van der Waals surface area contributed by atoms with E-state index < -0.39 is 6.10 Å². The molecule has 6 heteroatoms. The molecular weight excluding hydrogens is 781 g/mol. The van der Waals surface area contributed by atoms with Gasteiger partial charge in [-0.2, -0.15) is 0 Å². The number of hydrogen-bond acceptors (Lipinski definition) is 6. The van der Waals surface area contributed by atoms with Gasteiger partial charge in [-0.15, -0.1) is 0 Å². The lowest BCUT2D eigenvalue weighted by Crippen LogP contribution is -2.30. The lowest BCUT2D eigenvalue weighted by molar-refractivity contribution is -0.167. The Morgan fingerprint density at radius 1 is 0.333 bits per heavy atom. The van der Waals surface area contributed by atoms with Crippen LogP contribution in [0.2, 0.25) is 0 Å². The van der Waals surface area contributed by atoms with Gasteiger partial charge in [-0.05, 0) is 89.9 Å². The van der Waals surface area contributed by atoms with E-state index in [1.165, 1.54) is 96.3 Å². The highest BCUT2D eigenvalue weighted by atomic mass is 16.6. The molecule has 63 heavy (non-hydrogen) atoms. The summed E-state index contributed by atoms with van der Waals surface area (Å²) in [6, 6.07) is 0. The van der Waals surface area contributed by atoms with Gasteiger partial charge in [0.25, 0.3) is 0 Å². The quantitative estimate of drug-likeness (QED) is 0.0262. The van der Waals surface area contributed by atoms with Crippen molar-refractivity contribution in [2.45, 2.75) is 258 Å². The monoisotopic (exact) mass is 879 g/mol. The predicted octanol–water partition coefficient (Wildman–Crippen LogP) is 17.4. The Labute approximate surface area is 389 Å². The van der Waals surface area contributed by atoms with Crippen molar-refractivity contribution >= 4 is 17.9 Å². The first-order chi connectivity index (χ1) is 31.0. The molecule has 0 radical (unpaired) electrons. The third kappa shape index (κ3) is 49.7. The van der Waals surface area contributed by atoms with Gasteiger partial charge in [0.2, 0.25) is 0 Å². The Bertz CT molecular complexity index is 1190. The van der Waals surface area contributed by atoms with Gasteiger partial charge in [0.15, 0.2) is 6.10 Å². The van der Waals surface area contributed by atoms with Crippen molar-refractivity contribution in [3.05, 3.63) is 72.9 Å². The van der Waals surface area contributed by atoms with Crippen LogP contribution in [-0.4, -0.2) is 37.2 Å². The third-order valence-electron chi connectivity index (χ3n) is 11.2. The van der Waals surface area contributed by atoms with Crippen LogP contribution in [0.3, 0.4) is 0 Å². The Morgan fingerprint density at radius 3 is 0.968 bits per heavy atom. The SMILES string of the molecule is CC/C=C\C/C=C\C/C=C\CCCCCCCC(=O)OC(COC(=O)CCCCCCCC/C=C\C/C=C\C/C=C\CCCCCCC)COC(=O)CCCCCCCCCCC. The first kappa shape index (κ1) is 59.9. The Kier molecular flexibility index (Phi) is 48.9. The first-order valence-electron chi connectivity index (χ1n) is 26.4. The molecule has 0 N–H and O–H groups in total. The second-order valence-electron chi connectivity index (χ2n) is 17.4. The lowest BCUT2D eigenvalue weighted by Gasteiger charge is -2.18. The Hall–Kier alpha value is -3.15. The maximum absolute atomic E-state index is 12.8. The number of carbonyl (C=O) groups is 3. The molecule has 0 spiro atoms. The molecule has 362 valence electrons. The van der Waals surface area contributed by atoms with Gasteiger partial charge >= 0.3 is 17.9 Å². The van der Waals surface area contributed by atoms with E-state index in [9.17, 15) is 14.4 Å². The highest BCUT2D eigenvalue weighted by molar-refractivity contribution is 5.71. The van der Waals surface area contributed by atoms with Crippen LogP contribution in [0.5, 0.6) is 0 Å². The lowest BCUT2D eigenvalue weighted by atomic mass is 10.1. The van der Waals surface area contributed by atoms with Crippen molar-refractivity contribution in [2.75, 3.05) is 13.2 Å². The molecule has 0 rings (SSSR count). The number of ether oxygens (including phenoxy) is 3. The molecule has 0 aromatic heterocycles. The summed E-state index contributed by atoms with van der Waals surface area (Å²) >= 11 is 0. The number of carbonyl (C=O) groups excluding carboxylic acids is 3. The fraction of sp³-hybridized carbons (Fsp3) is 0.737. The minimum Gasteiger partial charge on any atom is -0.462 e. The van der Waals surface area contributed by atoms with Gasteiger partial charge in [-0.3, -0.25) is 14.4 Å². The fourth-order valence-corrected chi connectivity index (χ4v) is 7.23. The van der Waals surface area contributed by atoms with Gasteiger partial charge in [0.05, 0.1) is 0 Å². The molecule has 0 amide bonds. The molecule has 6 nitrogen and oxygen atoms in total. The average Bonchev–Trinajstić information content (AvgIpc) is 3.28. The van der Waals surface area contributed by atoms with E-state index in [2.05, 4.69) is 93.7 Å². The number of allylic oxidation sites excluding steroid dienone is 12. The average molecular weight is 879 g/mol. The largest absolute Gasteiger partial charge is 0.462 e. The number of rotatable bonds is 47. The zero-order valence-electron chi connectivity index (χ0n) is 41.3. The molecule has 0 bridgehead atoms. The first-order valence-corrected chi connectivity index (χ1v) is 26.4. The van der Waals surface area contributed by atoms with Crippen molar-refractivity contribution in [1.29, 1.82) is 0 Å². The van der Waals surface area contributed by atoms with E-state index in [1.807, 2.05) is 0 Å². The summed E-state index contributed by atoms with van der Waals surface area (Å²) < 4.78 is 16.8. The summed E-state index contributed by atoms with van der Waals surface area (Å²) in [6.07, 6.45) is 64.6. The molecule has 1 atom stereocenters. The van der Waals surface area contributed by atoms with E-state index in [-0.39, 0.29) is 31.1 Å². The zero-order chi connectivity index (χ0) is 45.8. The molecule has 0 heterocycles. The molecule has 0 aliphatic rings. The predicted molar refractivity (Wildman–Crippen MR) is 270 cm³/mol. The molecule has 0 aromatic rings. The minimum absolute atomic E-state index is 0.0860. The van der Waals surface area contributed by atoms with Crippen LogP contribution in [0, 0.1) is 0 Å². The van der Waals surface area contributed by atoms with E-state index >= 15 is 0 Å². The molecule has 0 aromatic carbocycles. The topological polar surface area (TPSA) is 78.9 Å². The van der Waals surface area contributed by atoms with Crippen LogP contribution >= 0.6 is 0 Å². The smallest absolute Gasteiger partial charge is 0.306 e. The van der Waals surface area contributed by atoms with Crippen LogP contribution in [0.25, 0.3) is 0 Å². The second-order valence-corrected chi connectivity index (χ2v) is 17.4. The minimum atomic E-state index is -0.787. The zero-order valence-corrected chi connectivity index (χ0v) is 41.3. The van der Waals surface area contributed by atoms with Gasteiger partial charge in [-0.25, -0.2) is 0 Å². The number of hydrogen-bond donors (Lipinski definition) is 0. The molecule has 0 aliphatic carbocycles. The van der Waals surface area contributed by atoms with Gasteiger partial charge in [-0.1, -0.05) is 216 Å². The van der Waals surface area contributed by atoms with Crippen molar-refractivity contribution in [1.82, 2.24) is 0 Å².